The van der Waals surface area contributed by atoms with E-state index in [9.17, 15) is 15.2 Å². The Labute approximate surface area is 166 Å². The molecule has 1 unspecified atom stereocenters. The molecule has 2 N–H and O–H groups in total. The Hall–Kier alpha value is -2.25. The van der Waals surface area contributed by atoms with Gasteiger partial charge in [0.15, 0.2) is 5.75 Å². The Morgan fingerprint density at radius 2 is 2.15 bits per heavy atom. The Balaban J connectivity index is 3.16. The van der Waals surface area contributed by atoms with Gasteiger partial charge in [-0.2, -0.15) is 12.6 Å². The van der Waals surface area contributed by atoms with E-state index in [0.717, 1.165) is 30.5 Å². The second-order valence-corrected chi connectivity index (χ2v) is 6.90. The Bertz CT molecular complexity index is 742. The number of likely N-dealkylation sites (N-methyl/N-ethyl adjacent to an activating group) is 1. The number of hydrogen-bond donors (Lipinski definition) is 3. The number of nitrogens with one attached hydrogen (secondary N) is 1. The number of benzene rings is 1. The number of phenolic OH excluding ortho intramolecular Hbond substituents is 1. The zero-order valence-corrected chi connectivity index (χ0v) is 17.3. The molecule has 1 aromatic rings. The van der Waals surface area contributed by atoms with Crippen LogP contribution in [0.1, 0.15) is 38.7 Å². The first-order valence-electron chi connectivity index (χ1n) is 8.84. The molecule has 6 nitrogen and oxygen atoms in total. The van der Waals surface area contributed by atoms with Crippen molar-refractivity contribution in [3.05, 3.63) is 63.2 Å². The summed E-state index contributed by atoms with van der Waals surface area (Å²) in [6.07, 6.45) is 5.13. The molecule has 7 heteroatoms. The summed E-state index contributed by atoms with van der Waals surface area (Å²) in [5.41, 5.74) is 2.79. The van der Waals surface area contributed by atoms with Crippen LogP contribution in [-0.2, 0) is 0 Å². The fourth-order valence-corrected chi connectivity index (χ4v) is 3.03. The molecule has 0 spiro atoms. The molecule has 0 saturated carbocycles. The molecule has 27 heavy (non-hydrogen) atoms. The van der Waals surface area contributed by atoms with Crippen molar-refractivity contribution in [1.82, 2.24) is 10.2 Å². The van der Waals surface area contributed by atoms with E-state index in [1.807, 2.05) is 6.08 Å². The van der Waals surface area contributed by atoms with Crippen molar-refractivity contribution in [2.24, 2.45) is 0 Å². The van der Waals surface area contributed by atoms with Gasteiger partial charge < -0.3 is 15.3 Å². The molecule has 148 valence electrons. The lowest BCUT2D eigenvalue weighted by molar-refractivity contribution is -0.385. The third kappa shape index (κ3) is 6.45. The topological polar surface area (TPSA) is 78.6 Å². The smallest absolute Gasteiger partial charge is 0.310 e. The minimum absolute atomic E-state index is 0.259. The number of hydrogen-bond acceptors (Lipinski definition) is 6. The average molecular weight is 392 g/mol. The first-order valence-corrected chi connectivity index (χ1v) is 9.36. The van der Waals surface area contributed by atoms with Gasteiger partial charge >= 0.3 is 5.69 Å². The lowest BCUT2D eigenvalue weighted by Crippen LogP contribution is -2.31. The highest BCUT2D eigenvalue weighted by Crippen LogP contribution is 2.29. The van der Waals surface area contributed by atoms with Crippen molar-refractivity contribution in [3.8, 4) is 5.75 Å². The summed E-state index contributed by atoms with van der Waals surface area (Å²) in [6, 6.07) is 4.43. The molecule has 1 atom stereocenters. The Morgan fingerprint density at radius 3 is 2.63 bits per heavy atom. The highest BCUT2D eigenvalue weighted by molar-refractivity contribution is 7.83. The van der Waals surface area contributed by atoms with Crippen LogP contribution in [-0.4, -0.2) is 35.1 Å². The quantitative estimate of drug-likeness (QED) is 0.233. The lowest BCUT2D eigenvalue weighted by Gasteiger charge is -2.27. The molecule has 0 aliphatic rings. The summed E-state index contributed by atoms with van der Waals surface area (Å²) in [5, 5.41) is 25.6. The van der Waals surface area contributed by atoms with Gasteiger partial charge in [0.2, 0.25) is 0 Å². The molecule has 0 aromatic heterocycles. The summed E-state index contributed by atoms with van der Waals surface area (Å²) in [5.74, 6) is -0.387. The number of allylic oxidation sites excluding steroid dienone is 1. The van der Waals surface area contributed by atoms with Crippen LogP contribution in [0.15, 0.2) is 47.5 Å². The molecule has 0 heterocycles. The number of aromatic hydroxyl groups is 1. The summed E-state index contributed by atoms with van der Waals surface area (Å²) in [7, 11) is 4.10. The number of phenols is 1. The SMILES string of the molecule is C=C(NC(/C=C\S)=C(/C)C(CCCC)N(C)C)c1ccc([N+](=O)[O-])c(O)c1. The molecule has 1 rings (SSSR count). The highest BCUT2D eigenvalue weighted by atomic mass is 32.1. The average Bonchev–Trinajstić information content (AvgIpc) is 2.60. The molecular formula is C20H29N3O3S. The zero-order chi connectivity index (χ0) is 20.6. The van der Waals surface area contributed by atoms with Crippen LogP contribution in [0.3, 0.4) is 0 Å². The largest absolute Gasteiger partial charge is 0.502 e. The highest BCUT2D eigenvalue weighted by Gasteiger charge is 2.18. The predicted octanol–water partition coefficient (Wildman–Crippen LogP) is 4.70. The standard InChI is InChI=1S/C20H29N3O3S/c1-6-7-8-18(22(4)5)14(2)17(11-12-27)21-15(3)16-9-10-19(23(25)26)20(24)13-16/h9-13,18,21,24,27H,3,6-8H2,1-2,4-5H3/b12-11-,17-14-. The van der Waals surface area contributed by atoms with Gasteiger partial charge in [-0.25, -0.2) is 0 Å². The number of rotatable bonds is 10. The number of unbranched alkanes of at least 4 members (excludes halogenated alkanes) is 1. The monoisotopic (exact) mass is 391 g/mol. The number of nitro benzene ring substituents is 1. The van der Waals surface area contributed by atoms with Crippen molar-refractivity contribution in [2.75, 3.05) is 14.1 Å². The van der Waals surface area contributed by atoms with Crippen LogP contribution in [0, 0.1) is 10.1 Å². The van der Waals surface area contributed by atoms with Crippen LogP contribution < -0.4 is 5.32 Å². The predicted molar refractivity (Wildman–Crippen MR) is 115 cm³/mol. The second-order valence-electron chi connectivity index (χ2n) is 6.60. The van der Waals surface area contributed by atoms with Crippen LogP contribution in [0.5, 0.6) is 5.75 Å². The first kappa shape index (κ1) is 22.8. The molecule has 0 amide bonds. The van der Waals surface area contributed by atoms with Crippen LogP contribution >= 0.6 is 12.6 Å². The van der Waals surface area contributed by atoms with Crippen molar-refractivity contribution < 1.29 is 10.0 Å². The minimum atomic E-state index is -0.621. The lowest BCUT2D eigenvalue weighted by atomic mass is 9.99. The van der Waals surface area contributed by atoms with Crippen LogP contribution in [0.2, 0.25) is 0 Å². The van der Waals surface area contributed by atoms with Crippen molar-refractivity contribution >= 4 is 24.0 Å². The zero-order valence-electron chi connectivity index (χ0n) is 16.4. The van der Waals surface area contributed by atoms with E-state index in [1.165, 1.54) is 12.1 Å². The molecule has 0 bridgehead atoms. The third-order valence-electron chi connectivity index (χ3n) is 4.43. The molecule has 0 aliphatic carbocycles. The van der Waals surface area contributed by atoms with E-state index in [0.29, 0.717) is 11.3 Å². The fraction of sp³-hybridized carbons (Fsp3) is 0.400. The molecule has 0 radical (unpaired) electrons. The molecular weight excluding hydrogens is 362 g/mol. The first-order chi connectivity index (χ1) is 12.7. The second kappa shape index (κ2) is 10.8. The minimum Gasteiger partial charge on any atom is -0.502 e. The molecule has 0 saturated heterocycles. The van der Waals surface area contributed by atoms with Gasteiger partial charge in [0.1, 0.15) is 0 Å². The van der Waals surface area contributed by atoms with Gasteiger partial charge in [-0.05, 0) is 56.6 Å². The van der Waals surface area contributed by atoms with E-state index in [4.69, 9.17) is 0 Å². The van der Waals surface area contributed by atoms with Gasteiger partial charge in [0.25, 0.3) is 0 Å². The maximum atomic E-state index is 10.9. The normalized spacial score (nSPS) is 13.6. The fourth-order valence-electron chi connectivity index (χ4n) is 2.89. The Morgan fingerprint density at radius 1 is 1.48 bits per heavy atom. The Kier molecular flexibility index (Phi) is 9.11. The van der Waals surface area contributed by atoms with Gasteiger partial charge in [0, 0.05) is 29.1 Å². The van der Waals surface area contributed by atoms with Crippen molar-refractivity contribution in [1.29, 1.82) is 0 Å². The van der Waals surface area contributed by atoms with E-state index in [-0.39, 0.29) is 17.5 Å². The van der Waals surface area contributed by atoms with Gasteiger partial charge in [-0.15, -0.1) is 0 Å². The summed E-state index contributed by atoms with van der Waals surface area (Å²) < 4.78 is 0. The van der Waals surface area contributed by atoms with Gasteiger partial charge in [0.05, 0.1) is 4.92 Å². The third-order valence-corrected chi connectivity index (χ3v) is 4.58. The van der Waals surface area contributed by atoms with Gasteiger partial charge in [-0.1, -0.05) is 26.3 Å². The van der Waals surface area contributed by atoms with Gasteiger partial charge in [-0.3, -0.25) is 10.1 Å². The summed E-state index contributed by atoms with van der Waals surface area (Å²) in [4.78, 5) is 12.4. The van der Waals surface area contributed by atoms with Crippen molar-refractivity contribution in [2.45, 2.75) is 39.2 Å². The summed E-state index contributed by atoms with van der Waals surface area (Å²) >= 11 is 4.19. The number of nitrogens with zero attached hydrogens (tertiary/aromatic N) is 2. The van der Waals surface area contributed by atoms with E-state index < -0.39 is 4.92 Å². The molecule has 0 fully saturated rings. The number of thiol groups is 1. The van der Waals surface area contributed by atoms with Crippen LogP contribution in [0.4, 0.5) is 5.69 Å². The summed E-state index contributed by atoms with van der Waals surface area (Å²) in [6.45, 7) is 8.25. The maximum absolute atomic E-state index is 10.9. The van der Waals surface area contributed by atoms with E-state index in [1.54, 1.807) is 11.5 Å². The maximum Gasteiger partial charge on any atom is 0.310 e. The number of nitro groups is 1. The molecule has 0 aliphatic heterocycles. The van der Waals surface area contributed by atoms with Crippen LogP contribution in [0.25, 0.3) is 5.70 Å². The van der Waals surface area contributed by atoms with Crippen molar-refractivity contribution in [3.63, 3.8) is 0 Å². The van der Waals surface area contributed by atoms with E-state index >= 15 is 0 Å². The van der Waals surface area contributed by atoms with E-state index in [2.05, 4.69) is 57.4 Å². The molecule has 1 aromatic carbocycles.